The van der Waals surface area contributed by atoms with E-state index in [4.69, 9.17) is 13.8 Å². The molecule has 6 heteroatoms. The molecule has 6 rings (SSSR count). The van der Waals surface area contributed by atoms with Crippen LogP contribution >= 0.6 is 0 Å². The highest BCUT2D eigenvalue weighted by atomic mass is 16.4. The average Bonchev–Trinajstić information content (AvgIpc) is 3.57. The number of pyridine rings is 1. The maximum absolute atomic E-state index is 6.40. The van der Waals surface area contributed by atoms with E-state index in [0.717, 1.165) is 27.6 Å². The van der Waals surface area contributed by atoms with E-state index in [1.54, 1.807) is 12.4 Å². The van der Waals surface area contributed by atoms with Gasteiger partial charge in [-0.05, 0) is 30.3 Å². The van der Waals surface area contributed by atoms with E-state index in [2.05, 4.69) is 32.9 Å². The summed E-state index contributed by atoms with van der Waals surface area (Å²) in [5.41, 5.74) is 5.16. The van der Waals surface area contributed by atoms with Crippen LogP contribution in [0.25, 0.3) is 56.4 Å². The smallest absolute Gasteiger partial charge is 0.227 e. The molecule has 0 N–H and O–H groups in total. The number of aryl methyl sites for hydroxylation is 1. The van der Waals surface area contributed by atoms with E-state index in [1.165, 1.54) is 6.39 Å². The van der Waals surface area contributed by atoms with Crippen molar-refractivity contribution in [1.29, 1.82) is 0 Å². The van der Waals surface area contributed by atoms with E-state index in [1.807, 2.05) is 61.6 Å². The Morgan fingerprint density at radius 3 is 2.41 bits per heavy atom. The van der Waals surface area contributed by atoms with Crippen molar-refractivity contribution in [2.45, 2.75) is 0 Å². The zero-order chi connectivity index (χ0) is 21.5. The Balaban J connectivity index is 1.62. The quantitative estimate of drug-likeness (QED) is 0.340. The van der Waals surface area contributed by atoms with Gasteiger partial charge in [0.1, 0.15) is 5.69 Å². The summed E-state index contributed by atoms with van der Waals surface area (Å²) >= 11 is 0. The van der Waals surface area contributed by atoms with Gasteiger partial charge in [-0.2, -0.15) is 0 Å². The van der Waals surface area contributed by atoms with E-state index in [-0.39, 0.29) is 0 Å². The van der Waals surface area contributed by atoms with Crippen LogP contribution in [0.3, 0.4) is 0 Å². The summed E-state index contributed by atoms with van der Waals surface area (Å²) in [6.07, 6.45) is 6.97. The van der Waals surface area contributed by atoms with Crippen molar-refractivity contribution in [1.82, 2.24) is 19.5 Å². The molecule has 0 aliphatic rings. The van der Waals surface area contributed by atoms with E-state index >= 15 is 0 Å². The number of benzene rings is 2. The molecule has 0 amide bonds. The largest absolute Gasteiger partial charge is 0.441 e. The zero-order valence-corrected chi connectivity index (χ0v) is 17.3. The fourth-order valence-electron chi connectivity index (χ4n) is 4.01. The predicted molar refractivity (Wildman–Crippen MR) is 123 cm³/mol. The second-order valence-electron chi connectivity index (χ2n) is 7.50. The lowest BCUT2D eigenvalue weighted by Gasteiger charge is -2.01. The molecular formula is C26H18N4O2. The minimum atomic E-state index is 0.528. The highest BCUT2D eigenvalue weighted by molar-refractivity contribution is 5.98. The summed E-state index contributed by atoms with van der Waals surface area (Å²) in [5.74, 6) is 1.73. The van der Waals surface area contributed by atoms with Crippen molar-refractivity contribution < 1.29 is 8.83 Å². The van der Waals surface area contributed by atoms with Gasteiger partial charge in [-0.25, -0.2) is 9.97 Å². The molecule has 0 aliphatic carbocycles. The van der Waals surface area contributed by atoms with Crippen LogP contribution in [0.5, 0.6) is 0 Å². The lowest BCUT2D eigenvalue weighted by atomic mass is 10.1. The predicted octanol–water partition coefficient (Wildman–Crippen LogP) is 6.22. The van der Waals surface area contributed by atoms with Gasteiger partial charge in [0.2, 0.25) is 5.89 Å². The lowest BCUT2D eigenvalue weighted by molar-refractivity contribution is 0.568. The van der Waals surface area contributed by atoms with Gasteiger partial charge in [-0.15, -0.1) is 0 Å². The molecule has 0 spiro atoms. The summed E-state index contributed by atoms with van der Waals surface area (Å²) in [6, 6.07) is 21.9. The highest BCUT2D eigenvalue weighted by Crippen LogP contribution is 2.42. The molecule has 4 heterocycles. The van der Waals surface area contributed by atoms with Gasteiger partial charge in [0.25, 0.3) is 0 Å². The Hall–Kier alpha value is -4.45. The van der Waals surface area contributed by atoms with Crippen LogP contribution in [-0.4, -0.2) is 19.5 Å². The Bertz CT molecular complexity index is 1530. The normalized spacial score (nSPS) is 11.3. The van der Waals surface area contributed by atoms with Gasteiger partial charge in [-0.3, -0.25) is 4.98 Å². The molecule has 0 unspecified atom stereocenters. The van der Waals surface area contributed by atoms with Crippen molar-refractivity contribution in [2.75, 3.05) is 0 Å². The third-order valence-electron chi connectivity index (χ3n) is 5.53. The number of aromatic nitrogens is 4. The van der Waals surface area contributed by atoms with E-state index < -0.39 is 0 Å². The maximum atomic E-state index is 6.40. The molecule has 6 nitrogen and oxygen atoms in total. The molecular weight excluding hydrogens is 400 g/mol. The van der Waals surface area contributed by atoms with Crippen molar-refractivity contribution in [3.05, 3.63) is 91.7 Å². The third kappa shape index (κ3) is 2.93. The molecule has 6 aromatic rings. The number of hydrogen-bond donors (Lipinski definition) is 0. The van der Waals surface area contributed by atoms with Gasteiger partial charge in [0, 0.05) is 53.2 Å². The number of rotatable bonds is 4. The highest BCUT2D eigenvalue weighted by Gasteiger charge is 2.26. The lowest BCUT2D eigenvalue weighted by Crippen LogP contribution is -1.86. The molecule has 154 valence electrons. The fraction of sp³-hybridized carbons (Fsp3) is 0.0385. The van der Waals surface area contributed by atoms with Gasteiger partial charge in [0.05, 0.1) is 0 Å². The molecule has 0 fully saturated rings. The molecule has 0 radical (unpaired) electrons. The van der Waals surface area contributed by atoms with Crippen LogP contribution < -0.4 is 0 Å². The van der Waals surface area contributed by atoms with Crippen LogP contribution in [0.2, 0.25) is 0 Å². The fourth-order valence-corrected chi connectivity index (χ4v) is 4.01. The van der Waals surface area contributed by atoms with Crippen molar-refractivity contribution >= 4 is 10.9 Å². The van der Waals surface area contributed by atoms with E-state index in [9.17, 15) is 0 Å². The molecule has 0 bridgehead atoms. The first-order chi connectivity index (χ1) is 15.8. The third-order valence-corrected chi connectivity index (χ3v) is 5.53. The molecule has 0 saturated heterocycles. The number of fused-ring (bicyclic) bond motifs is 1. The Kier molecular flexibility index (Phi) is 4.21. The van der Waals surface area contributed by atoms with Crippen LogP contribution in [0.1, 0.15) is 0 Å². The van der Waals surface area contributed by atoms with E-state index in [0.29, 0.717) is 28.8 Å². The molecule has 0 aliphatic heterocycles. The second kappa shape index (κ2) is 7.35. The molecule has 0 atom stereocenters. The van der Waals surface area contributed by atoms with Gasteiger partial charge in [-0.1, -0.05) is 36.4 Å². The Morgan fingerprint density at radius 1 is 0.781 bits per heavy atom. The first-order valence-corrected chi connectivity index (χ1v) is 10.2. The minimum absolute atomic E-state index is 0.528. The Labute approximate surface area is 183 Å². The summed E-state index contributed by atoms with van der Waals surface area (Å²) in [5, 5.41) is 1.08. The average molecular weight is 418 g/mol. The van der Waals surface area contributed by atoms with Crippen LogP contribution in [0.15, 0.2) is 101 Å². The van der Waals surface area contributed by atoms with Crippen molar-refractivity contribution in [2.24, 2.45) is 7.05 Å². The number of oxazole rings is 2. The molecule has 4 aromatic heterocycles. The Morgan fingerprint density at radius 2 is 1.56 bits per heavy atom. The van der Waals surface area contributed by atoms with Gasteiger partial charge >= 0.3 is 0 Å². The van der Waals surface area contributed by atoms with Crippen molar-refractivity contribution in [3.63, 3.8) is 0 Å². The molecule has 0 saturated carbocycles. The first-order valence-electron chi connectivity index (χ1n) is 10.2. The van der Waals surface area contributed by atoms with Gasteiger partial charge < -0.3 is 13.4 Å². The summed E-state index contributed by atoms with van der Waals surface area (Å²) in [4.78, 5) is 13.5. The number of nitrogens with zero attached hydrogens (tertiary/aromatic N) is 4. The van der Waals surface area contributed by atoms with Crippen LogP contribution in [0.4, 0.5) is 0 Å². The summed E-state index contributed by atoms with van der Waals surface area (Å²) in [6.45, 7) is 0. The second-order valence-corrected chi connectivity index (χ2v) is 7.50. The molecule has 2 aromatic carbocycles. The maximum Gasteiger partial charge on any atom is 0.227 e. The standard InChI is InChI=1S/C26H18N4O2/c1-30-15-20(19-9-5-6-10-21(19)30)24-23(29-26(32-24)18-7-3-2-4-8-18)25-22(28-16-31-25)17-11-13-27-14-12-17/h2-16H,1H3. The molecule has 32 heavy (non-hydrogen) atoms. The summed E-state index contributed by atoms with van der Waals surface area (Å²) in [7, 11) is 2.02. The van der Waals surface area contributed by atoms with Gasteiger partial charge in [0.15, 0.2) is 23.6 Å². The van der Waals surface area contributed by atoms with Crippen LogP contribution in [0, 0.1) is 0 Å². The SMILES string of the molecule is Cn1cc(-c2oc(-c3ccccc3)nc2-c2ocnc2-c2ccncc2)c2ccccc21. The number of hydrogen-bond acceptors (Lipinski definition) is 5. The number of para-hydroxylation sites is 1. The minimum Gasteiger partial charge on any atom is -0.441 e. The van der Waals surface area contributed by atoms with Crippen LogP contribution in [-0.2, 0) is 7.05 Å². The topological polar surface area (TPSA) is 69.9 Å². The monoisotopic (exact) mass is 418 g/mol. The van der Waals surface area contributed by atoms with Crippen molar-refractivity contribution in [3.8, 4) is 45.5 Å². The summed E-state index contributed by atoms with van der Waals surface area (Å²) < 4.78 is 14.4. The zero-order valence-electron chi connectivity index (χ0n) is 17.3. The first kappa shape index (κ1) is 18.3.